The molecule has 5 nitrogen and oxygen atoms in total. The van der Waals surface area contributed by atoms with E-state index in [1.54, 1.807) is 11.3 Å². The van der Waals surface area contributed by atoms with E-state index in [0.717, 1.165) is 28.1 Å². The number of hydrogen-bond donors (Lipinski definition) is 2. The van der Waals surface area contributed by atoms with E-state index >= 15 is 0 Å². The number of amides is 1. The van der Waals surface area contributed by atoms with Crippen LogP contribution in [0.4, 0.5) is 0 Å². The molecule has 124 valence electrons. The summed E-state index contributed by atoms with van der Waals surface area (Å²) in [5.41, 5.74) is 0. The predicted molar refractivity (Wildman–Crippen MR) is 91.6 cm³/mol. The zero-order chi connectivity index (χ0) is 16.2. The van der Waals surface area contributed by atoms with Crippen LogP contribution in [0.15, 0.2) is 30.3 Å². The van der Waals surface area contributed by atoms with Crippen molar-refractivity contribution in [1.29, 1.82) is 0 Å². The van der Waals surface area contributed by atoms with E-state index in [1.165, 1.54) is 0 Å². The zero-order valence-corrected chi connectivity index (χ0v) is 14.0. The Balaban J connectivity index is 1.55. The lowest BCUT2D eigenvalue weighted by Gasteiger charge is -2.31. The highest BCUT2D eigenvalue weighted by Crippen LogP contribution is 2.29. The number of carbonyl (C=O) groups excluding carboxylic acids is 1. The van der Waals surface area contributed by atoms with E-state index in [2.05, 4.69) is 17.1 Å². The molecule has 1 aromatic heterocycles. The number of nitrogens with one attached hydrogen (secondary N) is 1. The van der Waals surface area contributed by atoms with E-state index in [4.69, 9.17) is 4.74 Å². The first-order valence-corrected chi connectivity index (χ1v) is 8.77. The molecule has 1 amide bonds. The van der Waals surface area contributed by atoms with Crippen molar-refractivity contribution in [2.75, 3.05) is 32.8 Å². The summed E-state index contributed by atoms with van der Waals surface area (Å²) in [5, 5.41) is 14.2. The van der Waals surface area contributed by atoms with Gasteiger partial charge in [0.2, 0.25) is 0 Å². The largest absolute Gasteiger partial charge is 0.386 e. The molecule has 0 saturated carbocycles. The lowest BCUT2D eigenvalue weighted by Crippen LogP contribution is -2.50. The van der Waals surface area contributed by atoms with Crippen molar-refractivity contribution in [2.45, 2.75) is 19.1 Å². The van der Waals surface area contributed by atoms with Crippen LogP contribution in [0.1, 0.15) is 17.9 Å². The summed E-state index contributed by atoms with van der Waals surface area (Å²) in [6, 6.07) is 10.00. The summed E-state index contributed by atoms with van der Waals surface area (Å²) in [4.78, 5) is 15.3. The summed E-state index contributed by atoms with van der Waals surface area (Å²) in [7, 11) is 0. The van der Waals surface area contributed by atoms with E-state index in [-0.39, 0.29) is 12.5 Å². The predicted octanol–water partition coefficient (Wildman–Crippen LogP) is 1.77. The zero-order valence-electron chi connectivity index (χ0n) is 13.2. The molecule has 1 fully saturated rings. The second kappa shape index (κ2) is 7.40. The Kier molecular flexibility index (Phi) is 5.27. The van der Waals surface area contributed by atoms with Crippen molar-refractivity contribution >= 4 is 27.3 Å². The smallest absolute Gasteiger partial charge is 0.250 e. The normalized spacial score (nSPS) is 20.5. The van der Waals surface area contributed by atoms with Crippen LogP contribution in [0.2, 0.25) is 0 Å². The van der Waals surface area contributed by atoms with Crippen LogP contribution in [-0.4, -0.2) is 54.8 Å². The molecule has 23 heavy (non-hydrogen) atoms. The molecule has 3 rings (SSSR count). The molecule has 2 N–H and O–H groups in total. The number of hydrogen-bond acceptors (Lipinski definition) is 5. The van der Waals surface area contributed by atoms with Crippen LogP contribution in [0.5, 0.6) is 0 Å². The van der Waals surface area contributed by atoms with Gasteiger partial charge in [-0.15, -0.1) is 11.3 Å². The van der Waals surface area contributed by atoms with Crippen molar-refractivity contribution in [1.82, 2.24) is 10.2 Å². The third kappa shape index (κ3) is 3.90. The third-order valence-electron chi connectivity index (χ3n) is 4.13. The molecule has 2 atom stereocenters. The third-order valence-corrected chi connectivity index (χ3v) is 5.35. The number of likely N-dealkylation sites (N-methyl/N-ethyl adjacent to an activating group) is 1. The molecule has 0 spiro atoms. The molecule has 1 aliphatic heterocycles. The fraction of sp³-hybridized carbons (Fsp3) is 0.471. The number of fused-ring (bicyclic) bond motifs is 1. The Hall–Kier alpha value is -1.47. The topological polar surface area (TPSA) is 61.8 Å². The molecule has 0 radical (unpaired) electrons. The average Bonchev–Trinajstić information content (AvgIpc) is 3.03. The number of carbonyl (C=O) groups is 1. The number of aliphatic hydroxyl groups is 1. The van der Waals surface area contributed by atoms with E-state index in [0.29, 0.717) is 13.2 Å². The number of nitrogens with zero attached hydrogens (tertiary/aromatic N) is 1. The van der Waals surface area contributed by atoms with E-state index < -0.39 is 12.2 Å². The van der Waals surface area contributed by atoms with Gasteiger partial charge in [0, 0.05) is 29.2 Å². The maximum absolute atomic E-state index is 12.2. The van der Waals surface area contributed by atoms with Crippen LogP contribution >= 0.6 is 11.3 Å². The molecular formula is C17H22N2O3S. The SMILES string of the molecule is CCN1CCOC(C(=O)NCC(O)c2cc3ccccc3s2)C1. The van der Waals surface area contributed by atoms with Gasteiger partial charge < -0.3 is 15.2 Å². The fourth-order valence-corrected chi connectivity index (χ4v) is 3.78. The first-order valence-electron chi connectivity index (χ1n) is 7.95. The van der Waals surface area contributed by atoms with Gasteiger partial charge in [-0.25, -0.2) is 0 Å². The minimum atomic E-state index is -0.692. The van der Waals surface area contributed by atoms with Crippen LogP contribution in [0.25, 0.3) is 10.1 Å². The summed E-state index contributed by atoms with van der Waals surface area (Å²) < 4.78 is 6.67. The van der Waals surface area contributed by atoms with Gasteiger partial charge in [-0.05, 0) is 24.1 Å². The van der Waals surface area contributed by atoms with Crippen LogP contribution in [0, 0.1) is 0 Å². The van der Waals surface area contributed by atoms with Gasteiger partial charge in [0.1, 0.15) is 12.2 Å². The Labute approximate surface area is 139 Å². The highest BCUT2D eigenvalue weighted by atomic mass is 32.1. The first-order chi connectivity index (χ1) is 11.2. The van der Waals surface area contributed by atoms with E-state index in [9.17, 15) is 9.90 Å². The number of morpholine rings is 1. The molecule has 2 unspecified atom stereocenters. The van der Waals surface area contributed by atoms with Gasteiger partial charge in [0.15, 0.2) is 0 Å². The van der Waals surface area contributed by atoms with Crippen LogP contribution < -0.4 is 5.32 Å². The standard InChI is InChI=1S/C17H22N2O3S/c1-2-19-7-8-22-14(11-19)17(21)18-10-13(20)16-9-12-5-3-4-6-15(12)23-16/h3-6,9,13-14,20H,2,7-8,10-11H2,1H3,(H,18,21). The second-order valence-corrected chi connectivity index (χ2v) is 6.82. The van der Waals surface area contributed by atoms with E-state index in [1.807, 2.05) is 30.3 Å². The van der Waals surface area contributed by atoms with Gasteiger partial charge in [-0.1, -0.05) is 25.1 Å². The maximum Gasteiger partial charge on any atom is 0.250 e. The molecule has 1 aliphatic rings. The van der Waals surface area contributed by atoms with Gasteiger partial charge in [-0.2, -0.15) is 0 Å². The Bertz CT molecular complexity index is 640. The molecule has 1 saturated heterocycles. The lowest BCUT2D eigenvalue weighted by atomic mass is 10.2. The second-order valence-electron chi connectivity index (χ2n) is 5.70. The van der Waals surface area contributed by atoms with Crippen LogP contribution in [0.3, 0.4) is 0 Å². The Morgan fingerprint density at radius 2 is 2.35 bits per heavy atom. The van der Waals surface area contributed by atoms with Crippen molar-refractivity contribution in [3.63, 3.8) is 0 Å². The summed E-state index contributed by atoms with van der Waals surface area (Å²) in [6.45, 7) is 5.25. The lowest BCUT2D eigenvalue weighted by molar-refractivity contribution is -0.138. The summed E-state index contributed by atoms with van der Waals surface area (Å²) >= 11 is 1.56. The Morgan fingerprint density at radius 3 is 3.13 bits per heavy atom. The maximum atomic E-state index is 12.2. The molecule has 0 aliphatic carbocycles. The van der Waals surface area contributed by atoms with Crippen molar-refractivity contribution in [3.05, 3.63) is 35.2 Å². The van der Waals surface area contributed by atoms with Gasteiger partial charge in [-0.3, -0.25) is 9.69 Å². The highest BCUT2D eigenvalue weighted by molar-refractivity contribution is 7.19. The number of ether oxygens (including phenoxy) is 1. The fourth-order valence-electron chi connectivity index (χ4n) is 2.73. The molecule has 1 aromatic carbocycles. The molecule has 0 bridgehead atoms. The number of thiophene rings is 1. The van der Waals surface area contributed by atoms with Gasteiger partial charge in [0.25, 0.3) is 5.91 Å². The Morgan fingerprint density at radius 1 is 1.52 bits per heavy atom. The molecule has 2 aromatic rings. The van der Waals surface area contributed by atoms with Crippen molar-refractivity contribution in [3.8, 4) is 0 Å². The highest BCUT2D eigenvalue weighted by Gasteiger charge is 2.26. The summed E-state index contributed by atoms with van der Waals surface area (Å²) in [5.74, 6) is -0.150. The average molecular weight is 334 g/mol. The number of benzene rings is 1. The van der Waals surface area contributed by atoms with Crippen molar-refractivity contribution < 1.29 is 14.6 Å². The minimum absolute atomic E-state index is 0.150. The summed E-state index contributed by atoms with van der Waals surface area (Å²) in [6.07, 6.45) is -1.14. The number of aliphatic hydroxyl groups excluding tert-OH is 1. The monoisotopic (exact) mass is 334 g/mol. The van der Waals surface area contributed by atoms with Gasteiger partial charge in [0.05, 0.1) is 6.61 Å². The first kappa shape index (κ1) is 16.4. The minimum Gasteiger partial charge on any atom is -0.386 e. The van der Waals surface area contributed by atoms with Crippen molar-refractivity contribution in [2.24, 2.45) is 0 Å². The van der Waals surface area contributed by atoms with Crippen LogP contribution in [-0.2, 0) is 9.53 Å². The molecule has 2 heterocycles. The molecule has 6 heteroatoms. The number of rotatable bonds is 5. The molecular weight excluding hydrogens is 312 g/mol. The quantitative estimate of drug-likeness (QED) is 0.875. The van der Waals surface area contributed by atoms with Gasteiger partial charge >= 0.3 is 0 Å².